The zero-order valence-corrected chi connectivity index (χ0v) is 13.2. The lowest BCUT2D eigenvalue weighted by molar-refractivity contribution is -0.192. The van der Waals surface area contributed by atoms with Gasteiger partial charge >= 0.3 is 12.1 Å². The fraction of sp³-hybridized carbons (Fsp3) is 0.400. The fourth-order valence-corrected chi connectivity index (χ4v) is 1.88. The largest absolute Gasteiger partial charge is 0.490 e. The van der Waals surface area contributed by atoms with Gasteiger partial charge in [-0.2, -0.15) is 13.2 Å². The Hall–Kier alpha value is -2.42. The van der Waals surface area contributed by atoms with Gasteiger partial charge in [0, 0.05) is 13.6 Å². The highest BCUT2D eigenvalue weighted by molar-refractivity contribution is 6.00. The van der Waals surface area contributed by atoms with Crippen LogP contribution in [0.4, 0.5) is 19.0 Å². The fourth-order valence-electron chi connectivity index (χ4n) is 1.88. The van der Waals surface area contributed by atoms with Gasteiger partial charge < -0.3 is 10.4 Å². The molecule has 1 aliphatic rings. The highest BCUT2D eigenvalue weighted by Gasteiger charge is 2.38. The molecule has 6 nitrogen and oxygen atoms in total. The van der Waals surface area contributed by atoms with Crippen molar-refractivity contribution in [3.63, 3.8) is 0 Å². The number of likely N-dealkylation sites (N-methyl/N-ethyl adjacent to an activating group) is 1. The standard InChI is InChI=1S/C13H17N3O.C2HF3O2/c1-3-4-13(17)16(2)12-6-5-10-7-8-14-9-11(10)15-12;3-2(4,5)1(6)7/h3-6,14H,7-9H2,1-2H3;(H,6,7)/b4-3+;. The SMILES string of the molecule is C/C=C/C(=O)N(C)c1ccc2c(n1)CNCC2.O=C(O)C(F)(F)F. The molecule has 0 saturated carbocycles. The Morgan fingerprint density at radius 1 is 1.38 bits per heavy atom. The van der Waals surface area contributed by atoms with E-state index in [0.717, 1.165) is 25.2 Å². The molecule has 1 aromatic rings. The molecule has 1 aliphatic heterocycles. The normalized spacial score (nSPS) is 13.7. The van der Waals surface area contributed by atoms with E-state index in [4.69, 9.17) is 9.90 Å². The summed E-state index contributed by atoms with van der Waals surface area (Å²) in [5.41, 5.74) is 2.33. The number of amides is 1. The van der Waals surface area contributed by atoms with Crippen molar-refractivity contribution in [3.8, 4) is 0 Å². The molecule has 0 fully saturated rings. The molecule has 2 N–H and O–H groups in total. The topological polar surface area (TPSA) is 82.5 Å². The number of nitrogens with one attached hydrogen (secondary N) is 1. The van der Waals surface area contributed by atoms with Gasteiger partial charge in [-0.1, -0.05) is 12.1 Å². The number of pyridine rings is 1. The number of rotatable bonds is 2. The minimum absolute atomic E-state index is 0.0521. The summed E-state index contributed by atoms with van der Waals surface area (Å²) in [5, 5.41) is 10.4. The number of carbonyl (C=O) groups is 2. The summed E-state index contributed by atoms with van der Waals surface area (Å²) in [6, 6.07) is 3.98. The molecule has 0 spiro atoms. The molecule has 9 heteroatoms. The first-order valence-electron chi connectivity index (χ1n) is 7.06. The van der Waals surface area contributed by atoms with Crippen LogP contribution in [0.1, 0.15) is 18.2 Å². The molecule has 0 aromatic carbocycles. The van der Waals surface area contributed by atoms with E-state index in [9.17, 15) is 18.0 Å². The van der Waals surface area contributed by atoms with E-state index in [1.165, 1.54) is 5.56 Å². The molecule has 0 aliphatic carbocycles. The molecule has 0 atom stereocenters. The summed E-state index contributed by atoms with van der Waals surface area (Å²) < 4.78 is 31.7. The van der Waals surface area contributed by atoms with Crippen molar-refractivity contribution in [2.75, 3.05) is 18.5 Å². The number of nitrogens with zero attached hydrogens (tertiary/aromatic N) is 2. The predicted octanol–water partition coefficient (Wildman–Crippen LogP) is 1.90. The summed E-state index contributed by atoms with van der Waals surface area (Å²) >= 11 is 0. The third kappa shape index (κ3) is 5.65. The Bertz CT molecular complexity index is 630. The van der Waals surface area contributed by atoms with Crippen LogP contribution in [0.15, 0.2) is 24.3 Å². The summed E-state index contributed by atoms with van der Waals surface area (Å²) in [7, 11) is 1.74. The Labute approximate surface area is 137 Å². The zero-order chi connectivity index (χ0) is 18.3. The van der Waals surface area contributed by atoms with Gasteiger partial charge in [-0.25, -0.2) is 9.78 Å². The van der Waals surface area contributed by atoms with E-state index < -0.39 is 12.1 Å². The number of hydrogen-bond acceptors (Lipinski definition) is 4. The zero-order valence-electron chi connectivity index (χ0n) is 13.2. The van der Waals surface area contributed by atoms with Gasteiger partial charge in [0.15, 0.2) is 0 Å². The van der Waals surface area contributed by atoms with Crippen molar-refractivity contribution in [3.05, 3.63) is 35.5 Å². The van der Waals surface area contributed by atoms with Crippen molar-refractivity contribution in [1.29, 1.82) is 0 Å². The number of fused-ring (bicyclic) bond motifs is 1. The smallest absolute Gasteiger partial charge is 0.475 e. The summed E-state index contributed by atoms with van der Waals surface area (Å²) in [6.07, 6.45) is -0.798. The van der Waals surface area contributed by atoms with E-state index in [1.807, 2.05) is 13.0 Å². The van der Waals surface area contributed by atoms with Gasteiger partial charge in [0.2, 0.25) is 0 Å². The first-order valence-corrected chi connectivity index (χ1v) is 7.06. The molecule has 0 unspecified atom stereocenters. The number of carbonyl (C=O) groups excluding carboxylic acids is 1. The average molecular weight is 345 g/mol. The van der Waals surface area contributed by atoms with Gasteiger partial charge in [-0.15, -0.1) is 0 Å². The highest BCUT2D eigenvalue weighted by Crippen LogP contribution is 2.17. The van der Waals surface area contributed by atoms with E-state index in [0.29, 0.717) is 5.82 Å². The maximum Gasteiger partial charge on any atom is 0.490 e. The Morgan fingerprint density at radius 2 is 2.00 bits per heavy atom. The first-order chi connectivity index (χ1) is 11.2. The van der Waals surface area contributed by atoms with Crippen LogP contribution >= 0.6 is 0 Å². The third-order valence-electron chi connectivity index (χ3n) is 3.14. The van der Waals surface area contributed by atoms with Crippen LogP contribution in [-0.2, 0) is 22.6 Å². The Balaban J connectivity index is 0.000000351. The van der Waals surface area contributed by atoms with E-state index in [-0.39, 0.29) is 5.91 Å². The van der Waals surface area contributed by atoms with Gasteiger partial charge in [-0.05, 0) is 37.6 Å². The van der Waals surface area contributed by atoms with Gasteiger partial charge in [0.1, 0.15) is 5.82 Å². The lowest BCUT2D eigenvalue weighted by Crippen LogP contribution is -2.28. The molecule has 1 aromatic heterocycles. The maximum absolute atomic E-state index is 11.7. The molecule has 0 radical (unpaired) electrons. The van der Waals surface area contributed by atoms with Crippen LogP contribution in [0.3, 0.4) is 0 Å². The summed E-state index contributed by atoms with van der Waals surface area (Å²) in [4.78, 5) is 26.7. The quantitative estimate of drug-likeness (QED) is 0.800. The number of carboxylic acids is 1. The van der Waals surface area contributed by atoms with Crippen molar-refractivity contribution in [1.82, 2.24) is 10.3 Å². The molecule has 1 amide bonds. The monoisotopic (exact) mass is 345 g/mol. The van der Waals surface area contributed by atoms with Crippen LogP contribution in [0.25, 0.3) is 0 Å². The molecular weight excluding hydrogens is 327 g/mol. The van der Waals surface area contributed by atoms with Gasteiger partial charge in [0.25, 0.3) is 5.91 Å². The number of aliphatic carboxylic acids is 1. The second-order valence-corrected chi connectivity index (χ2v) is 4.90. The van der Waals surface area contributed by atoms with Gasteiger partial charge in [0.05, 0.1) is 5.69 Å². The van der Waals surface area contributed by atoms with Crippen LogP contribution < -0.4 is 10.2 Å². The Kier molecular flexibility index (Phi) is 6.90. The van der Waals surface area contributed by atoms with Crippen LogP contribution in [0, 0.1) is 0 Å². The minimum atomic E-state index is -5.08. The predicted molar refractivity (Wildman–Crippen MR) is 81.6 cm³/mol. The molecule has 2 heterocycles. The number of carboxylic acid groups (broad SMARTS) is 1. The number of allylic oxidation sites excluding steroid dienone is 1. The van der Waals surface area contributed by atoms with Crippen molar-refractivity contribution in [2.45, 2.75) is 26.1 Å². The number of alkyl halides is 3. The maximum atomic E-state index is 11.7. The van der Waals surface area contributed by atoms with Crippen molar-refractivity contribution >= 4 is 17.7 Å². The summed E-state index contributed by atoms with van der Waals surface area (Å²) in [5.74, 6) is -2.10. The number of hydrogen-bond donors (Lipinski definition) is 2. The average Bonchev–Trinajstić information content (AvgIpc) is 2.53. The number of aromatic nitrogens is 1. The highest BCUT2D eigenvalue weighted by atomic mass is 19.4. The molecule has 2 rings (SSSR count). The molecular formula is C15H18F3N3O3. The van der Waals surface area contributed by atoms with Crippen LogP contribution in [-0.4, -0.2) is 41.7 Å². The second-order valence-electron chi connectivity index (χ2n) is 4.90. The van der Waals surface area contributed by atoms with Crippen LogP contribution in [0.5, 0.6) is 0 Å². The van der Waals surface area contributed by atoms with E-state index >= 15 is 0 Å². The molecule has 0 saturated heterocycles. The molecule has 24 heavy (non-hydrogen) atoms. The number of halogens is 3. The summed E-state index contributed by atoms with van der Waals surface area (Å²) in [6.45, 7) is 3.62. The third-order valence-corrected chi connectivity index (χ3v) is 3.14. The van der Waals surface area contributed by atoms with E-state index in [1.54, 1.807) is 24.1 Å². The first kappa shape index (κ1) is 19.6. The molecule has 0 bridgehead atoms. The van der Waals surface area contributed by atoms with E-state index in [2.05, 4.69) is 16.4 Å². The van der Waals surface area contributed by atoms with Crippen LogP contribution in [0.2, 0.25) is 0 Å². The number of anilines is 1. The van der Waals surface area contributed by atoms with Crippen molar-refractivity contribution in [2.24, 2.45) is 0 Å². The Morgan fingerprint density at radius 3 is 2.54 bits per heavy atom. The molecule has 132 valence electrons. The van der Waals surface area contributed by atoms with Gasteiger partial charge in [-0.3, -0.25) is 9.69 Å². The van der Waals surface area contributed by atoms with Crippen molar-refractivity contribution < 1.29 is 27.9 Å². The lowest BCUT2D eigenvalue weighted by atomic mass is 10.1. The lowest BCUT2D eigenvalue weighted by Gasteiger charge is -2.20. The minimum Gasteiger partial charge on any atom is -0.475 e. The second kappa shape index (κ2) is 8.44.